The molecule has 0 atom stereocenters. The number of nitrogens with zero attached hydrogens (tertiary/aromatic N) is 1. The third-order valence-corrected chi connectivity index (χ3v) is 3.42. The predicted octanol–water partition coefficient (Wildman–Crippen LogP) is 1.82. The number of hydrogen-bond acceptors (Lipinski definition) is 4. The highest BCUT2D eigenvalue weighted by atomic mass is 32.2. The maximum Gasteiger partial charge on any atom is 0.320 e. The van der Waals surface area contributed by atoms with Crippen molar-refractivity contribution in [1.29, 1.82) is 0 Å². The first kappa shape index (κ1) is 9.92. The molecule has 1 aromatic carbocycles. The van der Waals surface area contributed by atoms with Crippen LogP contribution in [-0.2, 0) is 9.84 Å². The van der Waals surface area contributed by atoms with Gasteiger partial charge in [-0.15, -0.1) is 0 Å². The Morgan fingerprint density at radius 2 is 1.87 bits per heavy atom. The average molecular weight is 223 g/mol. The van der Waals surface area contributed by atoms with E-state index in [9.17, 15) is 8.42 Å². The van der Waals surface area contributed by atoms with Crippen molar-refractivity contribution in [3.8, 4) is 0 Å². The average Bonchev–Trinajstić information content (AvgIpc) is 2.67. The number of hydrogen-bond donors (Lipinski definition) is 0. The van der Waals surface area contributed by atoms with Crippen molar-refractivity contribution >= 4 is 9.84 Å². The molecule has 78 valence electrons. The zero-order valence-electron chi connectivity index (χ0n) is 8.04. The lowest BCUT2D eigenvalue weighted by Gasteiger charge is -1.98. The van der Waals surface area contributed by atoms with Crippen molar-refractivity contribution in [2.24, 2.45) is 0 Å². The molecule has 2 aromatic rings. The van der Waals surface area contributed by atoms with Gasteiger partial charge in [-0.1, -0.05) is 18.2 Å². The highest BCUT2D eigenvalue weighted by molar-refractivity contribution is 7.91. The quantitative estimate of drug-likeness (QED) is 0.779. The molecule has 0 saturated carbocycles. The van der Waals surface area contributed by atoms with E-state index in [1.807, 2.05) is 0 Å². The van der Waals surface area contributed by atoms with Crippen molar-refractivity contribution in [3.63, 3.8) is 0 Å². The molecular weight excluding hydrogens is 214 g/mol. The number of oxazole rings is 1. The molecule has 0 unspecified atom stereocenters. The summed E-state index contributed by atoms with van der Waals surface area (Å²) in [5, 5.41) is -0.258. The molecule has 0 bridgehead atoms. The fourth-order valence-corrected chi connectivity index (χ4v) is 2.31. The van der Waals surface area contributed by atoms with Crippen molar-refractivity contribution in [3.05, 3.63) is 42.3 Å². The fraction of sp³-hybridized carbons (Fsp3) is 0.100. The van der Waals surface area contributed by atoms with Crippen molar-refractivity contribution in [1.82, 2.24) is 4.98 Å². The molecule has 1 aromatic heterocycles. The van der Waals surface area contributed by atoms with Gasteiger partial charge < -0.3 is 4.42 Å². The number of rotatable bonds is 2. The summed E-state index contributed by atoms with van der Waals surface area (Å²) in [4.78, 5) is 3.90. The molecule has 0 N–H and O–H groups in total. The number of sulfone groups is 1. The molecule has 15 heavy (non-hydrogen) atoms. The van der Waals surface area contributed by atoms with Gasteiger partial charge in [0, 0.05) is 0 Å². The van der Waals surface area contributed by atoms with Crippen LogP contribution in [0.15, 0.2) is 51.1 Å². The molecule has 0 amide bonds. The second-order valence-electron chi connectivity index (χ2n) is 3.05. The molecule has 5 heteroatoms. The van der Waals surface area contributed by atoms with E-state index >= 15 is 0 Å². The molecule has 1 heterocycles. The Morgan fingerprint density at radius 1 is 1.20 bits per heavy atom. The van der Waals surface area contributed by atoms with Crippen LogP contribution >= 0.6 is 0 Å². The van der Waals surface area contributed by atoms with Crippen molar-refractivity contribution in [2.45, 2.75) is 17.0 Å². The van der Waals surface area contributed by atoms with Crippen LogP contribution in [0.2, 0.25) is 0 Å². The van der Waals surface area contributed by atoms with Gasteiger partial charge >= 0.3 is 5.22 Å². The molecule has 0 aliphatic carbocycles. The van der Waals surface area contributed by atoms with E-state index in [0.29, 0.717) is 5.76 Å². The summed E-state index contributed by atoms with van der Waals surface area (Å²) < 4.78 is 28.8. The van der Waals surface area contributed by atoms with E-state index in [0.717, 1.165) is 0 Å². The lowest BCUT2D eigenvalue weighted by atomic mass is 10.4. The summed E-state index contributed by atoms with van der Waals surface area (Å²) in [6, 6.07) is 8.08. The topological polar surface area (TPSA) is 60.2 Å². The van der Waals surface area contributed by atoms with Gasteiger partial charge in [-0.05, 0) is 19.1 Å². The van der Waals surface area contributed by atoms with Crippen LogP contribution in [0.3, 0.4) is 0 Å². The SMILES string of the molecule is Cc1cnc(S(=O)(=O)c2ccccc2)o1. The van der Waals surface area contributed by atoms with Crippen LogP contribution in [0.5, 0.6) is 0 Å². The van der Waals surface area contributed by atoms with Crippen LogP contribution in [-0.4, -0.2) is 13.4 Å². The second kappa shape index (κ2) is 3.51. The zero-order valence-corrected chi connectivity index (χ0v) is 8.86. The number of benzene rings is 1. The Labute approximate surface area is 87.5 Å². The highest BCUT2D eigenvalue weighted by Gasteiger charge is 2.22. The molecule has 0 saturated heterocycles. The predicted molar refractivity (Wildman–Crippen MR) is 53.1 cm³/mol. The standard InChI is InChI=1S/C10H9NO3S/c1-8-7-11-10(14-8)15(12,13)9-5-3-2-4-6-9/h2-7H,1H3. The first-order chi connectivity index (χ1) is 7.10. The third kappa shape index (κ3) is 1.78. The van der Waals surface area contributed by atoms with Crippen LogP contribution in [0.4, 0.5) is 0 Å². The van der Waals surface area contributed by atoms with Crippen molar-refractivity contribution in [2.75, 3.05) is 0 Å². The lowest BCUT2D eigenvalue weighted by Crippen LogP contribution is -2.01. The third-order valence-electron chi connectivity index (χ3n) is 1.88. The molecule has 0 aliphatic heterocycles. The number of aromatic nitrogens is 1. The summed E-state index contributed by atoms with van der Waals surface area (Å²) in [6.07, 6.45) is 1.38. The molecule has 0 radical (unpaired) electrons. The van der Waals surface area contributed by atoms with Crippen LogP contribution in [0.25, 0.3) is 0 Å². The van der Waals surface area contributed by atoms with Crippen LogP contribution < -0.4 is 0 Å². The summed E-state index contributed by atoms with van der Waals surface area (Å²) in [5.74, 6) is 0.476. The lowest BCUT2D eigenvalue weighted by molar-refractivity contribution is 0.411. The Hall–Kier alpha value is -1.62. The minimum Gasteiger partial charge on any atom is -0.433 e. The Balaban J connectivity index is 2.54. The monoisotopic (exact) mass is 223 g/mol. The Morgan fingerprint density at radius 3 is 2.40 bits per heavy atom. The van der Waals surface area contributed by atoms with Gasteiger partial charge in [-0.3, -0.25) is 0 Å². The summed E-state index contributed by atoms with van der Waals surface area (Å²) in [5.41, 5.74) is 0. The smallest absolute Gasteiger partial charge is 0.320 e. The Kier molecular flexibility index (Phi) is 2.32. The van der Waals surface area contributed by atoms with Crippen LogP contribution in [0.1, 0.15) is 5.76 Å². The van der Waals surface area contributed by atoms with E-state index in [-0.39, 0.29) is 10.1 Å². The zero-order chi connectivity index (χ0) is 10.9. The van der Waals surface area contributed by atoms with Gasteiger partial charge in [-0.2, -0.15) is 0 Å². The van der Waals surface area contributed by atoms with Gasteiger partial charge in [0.2, 0.25) is 0 Å². The molecule has 0 aliphatic rings. The van der Waals surface area contributed by atoms with Gasteiger partial charge in [0.25, 0.3) is 9.84 Å². The minimum atomic E-state index is -3.60. The summed E-state index contributed by atoms with van der Waals surface area (Å²) in [6.45, 7) is 1.65. The van der Waals surface area contributed by atoms with E-state index in [1.165, 1.54) is 18.3 Å². The summed E-state index contributed by atoms with van der Waals surface area (Å²) >= 11 is 0. The minimum absolute atomic E-state index is 0.187. The fourth-order valence-electron chi connectivity index (χ4n) is 1.16. The van der Waals surface area contributed by atoms with Gasteiger partial charge in [0.1, 0.15) is 5.76 Å². The van der Waals surface area contributed by atoms with E-state index in [1.54, 1.807) is 25.1 Å². The first-order valence-electron chi connectivity index (χ1n) is 4.33. The van der Waals surface area contributed by atoms with Gasteiger partial charge in [0.15, 0.2) is 0 Å². The molecule has 2 rings (SSSR count). The second-order valence-corrected chi connectivity index (χ2v) is 4.88. The molecule has 0 fully saturated rings. The number of aryl methyl sites for hydroxylation is 1. The molecular formula is C10H9NO3S. The highest BCUT2D eigenvalue weighted by Crippen LogP contribution is 2.19. The first-order valence-corrected chi connectivity index (χ1v) is 5.81. The van der Waals surface area contributed by atoms with Crippen LogP contribution in [0, 0.1) is 6.92 Å². The maximum atomic E-state index is 11.9. The molecule has 4 nitrogen and oxygen atoms in total. The molecule has 0 spiro atoms. The van der Waals surface area contributed by atoms with Gasteiger partial charge in [-0.25, -0.2) is 13.4 Å². The summed E-state index contributed by atoms with van der Waals surface area (Å²) in [7, 11) is -3.60. The van der Waals surface area contributed by atoms with E-state index in [2.05, 4.69) is 4.98 Å². The Bertz CT molecular complexity index is 557. The largest absolute Gasteiger partial charge is 0.433 e. The van der Waals surface area contributed by atoms with Crippen molar-refractivity contribution < 1.29 is 12.8 Å². The van der Waals surface area contributed by atoms with E-state index < -0.39 is 9.84 Å². The van der Waals surface area contributed by atoms with E-state index in [4.69, 9.17) is 4.42 Å². The normalized spacial score (nSPS) is 11.5. The van der Waals surface area contributed by atoms with Gasteiger partial charge in [0.05, 0.1) is 11.1 Å². The maximum absolute atomic E-state index is 11.9.